The molecule has 0 aliphatic heterocycles. The molecule has 5 N–H and O–H groups in total. The fraction of sp³-hybridized carbons (Fsp3) is 0.533. The van der Waals surface area contributed by atoms with Gasteiger partial charge >= 0.3 is 0 Å². The zero-order valence-corrected chi connectivity index (χ0v) is 14.1. The van der Waals surface area contributed by atoms with Crippen LogP contribution in [0.2, 0.25) is 0 Å². The van der Waals surface area contributed by atoms with Crippen molar-refractivity contribution in [2.24, 2.45) is 5.73 Å². The van der Waals surface area contributed by atoms with Crippen molar-refractivity contribution in [3.8, 4) is 0 Å². The number of hydrogen-bond acceptors (Lipinski definition) is 5. The van der Waals surface area contributed by atoms with E-state index in [1.165, 1.54) is 12.1 Å². The molecule has 1 rings (SSSR count). The first kappa shape index (κ1) is 19.6. The van der Waals surface area contributed by atoms with Crippen LogP contribution in [0.1, 0.15) is 24.8 Å². The van der Waals surface area contributed by atoms with Gasteiger partial charge in [0.1, 0.15) is 0 Å². The van der Waals surface area contributed by atoms with Crippen LogP contribution in [0.5, 0.6) is 0 Å². The van der Waals surface area contributed by atoms with Gasteiger partial charge < -0.3 is 16.2 Å². The van der Waals surface area contributed by atoms with Crippen LogP contribution in [0.3, 0.4) is 0 Å². The molecule has 1 amide bonds. The van der Waals surface area contributed by atoms with E-state index in [1.807, 2.05) is 6.92 Å². The number of sulfonamides is 1. The molecule has 7 nitrogen and oxygen atoms in total. The predicted octanol–water partition coefficient (Wildman–Crippen LogP) is -0.121. The average molecular weight is 343 g/mol. The minimum absolute atomic E-state index is 0.102. The van der Waals surface area contributed by atoms with Gasteiger partial charge in [0.2, 0.25) is 15.9 Å². The number of benzene rings is 1. The lowest BCUT2D eigenvalue weighted by atomic mass is 10.2. The summed E-state index contributed by atoms with van der Waals surface area (Å²) in [4.78, 5) is 11.9. The average Bonchev–Trinajstić information content (AvgIpc) is 2.51. The van der Waals surface area contributed by atoms with E-state index in [0.29, 0.717) is 13.1 Å². The second kappa shape index (κ2) is 9.61. The number of aryl methyl sites for hydroxylation is 1. The summed E-state index contributed by atoms with van der Waals surface area (Å²) in [6.45, 7) is 2.45. The molecule has 0 heterocycles. The van der Waals surface area contributed by atoms with Crippen molar-refractivity contribution >= 4 is 15.9 Å². The Bertz CT molecular complexity index is 587. The van der Waals surface area contributed by atoms with Crippen LogP contribution in [0.25, 0.3) is 0 Å². The Hall–Kier alpha value is -1.48. The Morgan fingerprint density at radius 2 is 1.91 bits per heavy atom. The molecule has 1 aromatic rings. The van der Waals surface area contributed by atoms with Crippen molar-refractivity contribution in [3.63, 3.8) is 0 Å². The van der Waals surface area contributed by atoms with Crippen molar-refractivity contribution in [3.05, 3.63) is 29.8 Å². The molecule has 8 heteroatoms. The van der Waals surface area contributed by atoms with Crippen LogP contribution in [-0.2, 0) is 14.8 Å². The van der Waals surface area contributed by atoms with E-state index >= 15 is 0 Å². The molecule has 0 aromatic heterocycles. The summed E-state index contributed by atoms with van der Waals surface area (Å²) in [7, 11) is -3.77. The summed E-state index contributed by atoms with van der Waals surface area (Å²) in [5.74, 6) is -0.312. The van der Waals surface area contributed by atoms with E-state index in [2.05, 4.69) is 10.0 Å². The number of aliphatic hydroxyl groups is 1. The van der Waals surface area contributed by atoms with Gasteiger partial charge in [-0.2, -0.15) is 0 Å². The summed E-state index contributed by atoms with van der Waals surface area (Å²) in [6.07, 6.45) is 1.45. The first-order valence-electron chi connectivity index (χ1n) is 7.55. The van der Waals surface area contributed by atoms with Gasteiger partial charge in [0.05, 0.1) is 17.5 Å². The summed E-state index contributed by atoms with van der Waals surface area (Å²) in [5.41, 5.74) is 6.30. The van der Waals surface area contributed by atoms with Gasteiger partial charge in [0.15, 0.2) is 0 Å². The topological polar surface area (TPSA) is 122 Å². The highest BCUT2D eigenvalue weighted by molar-refractivity contribution is 7.89. The molecule has 1 aromatic carbocycles. The van der Waals surface area contributed by atoms with Gasteiger partial charge in [0, 0.05) is 13.0 Å². The molecular formula is C15H25N3O4S. The van der Waals surface area contributed by atoms with Crippen LogP contribution in [0.4, 0.5) is 0 Å². The molecule has 1 atom stereocenters. The highest BCUT2D eigenvalue weighted by atomic mass is 32.2. The Kier molecular flexibility index (Phi) is 8.18. The number of carbonyl (C=O) groups excluding carboxylic acids is 1. The third-order valence-electron chi connectivity index (χ3n) is 3.26. The first-order chi connectivity index (χ1) is 10.9. The van der Waals surface area contributed by atoms with E-state index in [1.54, 1.807) is 12.1 Å². The van der Waals surface area contributed by atoms with Gasteiger partial charge in [-0.3, -0.25) is 4.79 Å². The van der Waals surface area contributed by atoms with E-state index in [9.17, 15) is 18.3 Å². The second-order valence-corrected chi connectivity index (χ2v) is 7.08. The minimum Gasteiger partial charge on any atom is -0.395 e. The molecule has 0 saturated heterocycles. The number of aliphatic hydroxyl groups excluding tert-OH is 1. The normalized spacial score (nSPS) is 12.8. The number of unbranched alkanes of at least 4 members (excludes halogenated alkanes) is 1. The van der Waals surface area contributed by atoms with Crippen LogP contribution >= 0.6 is 0 Å². The molecule has 0 aliphatic carbocycles. The Balaban J connectivity index is 2.57. The third-order valence-corrected chi connectivity index (χ3v) is 4.79. The number of nitrogens with two attached hydrogens (primary N) is 1. The lowest BCUT2D eigenvalue weighted by molar-refractivity contribution is -0.121. The third kappa shape index (κ3) is 7.08. The first-order valence-corrected chi connectivity index (χ1v) is 9.04. The lowest BCUT2D eigenvalue weighted by Crippen LogP contribution is -2.41. The number of carbonyl (C=O) groups is 1. The van der Waals surface area contributed by atoms with Crippen LogP contribution in [0, 0.1) is 6.92 Å². The molecule has 0 unspecified atom stereocenters. The maximum absolute atomic E-state index is 12.2. The largest absolute Gasteiger partial charge is 0.395 e. The van der Waals surface area contributed by atoms with E-state index in [-0.39, 0.29) is 17.2 Å². The molecule has 0 radical (unpaired) electrons. The highest BCUT2D eigenvalue weighted by Crippen LogP contribution is 2.11. The quantitative estimate of drug-likeness (QED) is 0.441. The van der Waals surface area contributed by atoms with Crippen molar-refractivity contribution in [1.82, 2.24) is 10.0 Å². The molecule has 0 fully saturated rings. The highest BCUT2D eigenvalue weighted by Gasteiger charge is 2.21. The number of amides is 1. The van der Waals surface area contributed by atoms with Crippen molar-refractivity contribution in [1.29, 1.82) is 0 Å². The molecular weight excluding hydrogens is 318 g/mol. The standard InChI is InChI=1S/C15H25N3O4S/c1-12-4-6-14(7-5-12)23(21,22)18-13(11-19)10-15(20)17-9-3-2-8-16/h4-7,13,18-19H,2-3,8-11,16H2,1H3,(H,17,20)/t13-/m0/s1. The molecule has 0 saturated carbocycles. The molecule has 0 spiro atoms. The predicted molar refractivity (Wildman–Crippen MR) is 88.3 cm³/mol. The van der Waals surface area contributed by atoms with Crippen molar-refractivity contribution < 1.29 is 18.3 Å². The van der Waals surface area contributed by atoms with Gasteiger partial charge in [-0.15, -0.1) is 0 Å². The monoisotopic (exact) mass is 343 g/mol. The van der Waals surface area contributed by atoms with E-state index in [0.717, 1.165) is 18.4 Å². The zero-order valence-electron chi connectivity index (χ0n) is 13.3. The molecule has 0 aliphatic rings. The lowest BCUT2D eigenvalue weighted by Gasteiger charge is -2.16. The summed E-state index contributed by atoms with van der Waals surface area (Å²) in [6, 6.07) is 5.48. The Morgan fingerprint density at radius 3 is 2.48 bits per heavy atom. The molecule has 130 valence electrons. The Morgan fingerprint density at radius 1 is 1.26 bits per heavy atom. The molecule has 23 heavy (non-hydrogen) atoms. The SMILES string of the molecule is Cc1ccc(S(=O)(=O)N[C@H](CO)CC(=O)NCCCCN)cc1. The summed E-state index contributed by atoms with van der Waals surface area (Å²) >= 11 is 0. The zero-order chi connectivity index (χ0) is 17.3. The molecule has 0 bridgehead atoms. The van der Waals surface area contributed by atoms with Gasteiger partial charge in [0.25, 0.3) is 0 Å². The Labute approximate surface area is 137 Å². The smallest absolute Gasteiger partial charge is 0.240 e. The maximum atomic E-state index is 12.2. The van der Waals surface area contributed by atoms with Crippen LogP contribution in [0.15, 0.2) is 29.2 Å². The fourth-order valence-corrected chi connectivity index (χ4v) is 3.17. The summed E-state index contributed by atoms with van der Waals surface area (Å²) in [5, 5.41) is 12.0. The van der Waals surface area contributed by atoms with Crippen LogP contribution in [-0.4, -0.2) is 45.2 Å². The number of hydrogen-bond donors (Lipinski definition) is 4. The number of nitrogens with one attached hydrogen (secondary N) is 2. The number of rotatable bonds is 10. The van der Waals surface area contributed by atoms with E-state index in [4.69, 9.17) is 5.73 Å². The van der Waals surface area contributed by atoms with Crippen molar-refractivity contribution in [2.75, 3.05) is 19.7 Å². The maximum Gasteiger partial charge on any atom is 0.240 e. The van der Waals surface area contributed by atoms with E-state index < -0.39 is 22.7 Å². The van der Waals surface area contributed by atoms with Gasteiger partial charge in [-0.1, -0.05) is 17.7 Å². The van der Waals surface area contributed by atoms with Crippen LogP contribution < -0.4 is 15.8 Å². The van der Waals surface area contributed by atoms with Crippen molar-refractivity contribution in [2.45, 2.75) is 37.1 Å². The van der Waals surface area contributed by atoms with Gasteiger partial charge in [-0.05, 0) is 38.4 Å². The van der Waals surface area contributed by atoms with Gasteiger partial charge in [-0.25, -0.2) is 13.1 Å². The minimum atomic E-state index is -3.77. The second-order valence-electron chi connectivity index (χ2n) is 5.36. The fourth-order valence-electron chi connectivity index (χ4n) is 1.94. The summed E-state index contributed by atoms with van der Waals surface area (Å²) < 4.78 is 26.8.